The van der Waals surface area contributed by atoms with Crippen LogP contribution in [0.4, 0.5) is 0 Å². The predicted molar refractivity (Wildman–Crippen MR) is 84.5 cm³/mol. The summed E-state index contributed by atoms with van der Waals surface area (Å²) in [6.07, 6.45) is 1.60. The second-order valence-corrected chi connectivity index (χ2v) is 6.08. The fraction of sp³-hybridized carbons (Fsp3) is 0.143. The zero-order valence-electron chi connectivity index (χ0n) is 10.8. The molecule has 0 bridgehead atoms. The standard InChI is InChI=1S/C14H11BrN2O3S/c15-10-6-11(21-8-10)7-16-17-14(18)9-1-2-12-13(5-9)20-4-3-19-12/h1-2,5-8H,3-4H2,(H,17,18)/b16-7+. The summed E-state index contributed by atoms with van der Waals surface area (Å²) in [6.45, 7) is 1.02. The highest BCUT2D eigenvalue weighted by atomic mass is 79.9. The second kappa shape index (κ2) is 6.28. The number of fused-ring (bicyclic) bond motifs is 1. The lowest BCUT2D eigenvalue weighted by molar-refractivity contribution is 0.0954. The molecule has 1 N–H and O–H groups in total. The molecular formula is C14H11BrN2O3S. The fourth-order valence-electron chi connectivity index (χ4n) is 1.80. The van der Waals surface area contributed by atoms with Gasteiger partial charge in [-0.05, 0) is 40.2 Å². The first-order chi connectivity index (χ1) is 10.2. The highest BCUT2D eigenvalue weighted by Crippen LogP contribution is 2.30. The molecule has 1 aromatic heterocycles. The van der Waals surface area contributed by atoms with Crippen LogP contribution in [0.1, 0.15) is 15.2 Å². The van der Waals surface area contributed by atoms with Gasteiger partial charge in [0.05, 0.1) is 6.21 Å². The number of carbonyl (C=O) groups is 1. The molecule has 108 valence electrons. The van der Waals surface area contributed by atoms with Gasteiger partial charge < -0.3 is 9.47 Å². The van der Waals surface area contributed by atoms with Crippen LogP contribution in [0.5, 0.6) is 11.5 Å². The van der Waals surface area contributed by atoms with Crippen molar-refractivity contribution in [2.45, 2.75) is 0 Å². The SMILES string of the molecule is O=C(N/N=C/c1cc(Br)cs1)c1ccc2c(c1)OCCO2. The summed E-state index contributed by atoms with van der Waals surface area (Å²) in [5.74, 6) is 0.948. The lowest BCUT2D eigenvalue weighted by Crippen LogP contribution is -2.19. The molecule has 1 aromatic carbocycles. The Balaban J connectivity index is 1.66. The van der Waals surface area contributed by atoms with E-state index in [0.29, 0.717) is 30.3 Å². The first kappa shape index (κ1) is 14.1. The smallest absolute Gasteiger partial charge is 0.271 e. The zero-order chi connectivity index (χ0) is 14.7. The Labute approximate surface area is 133 Å². The van der Waals surface area contributed by atoms with Crippen LogP contribution in [0.15, 0.2) is 39.2 Å². The Morgan fingerprint density at radius 2 is 2.10 bits per heavy atom. The number of thiophene rings is 1. The molecule has 3 rings (SSSR count). The fourth-order valence-corrected chi connectivity index (χ4v) is 3.10. The van der Waals surface area contributed by atoms with E-state index < -0.39 is 0 Å². The number of nitrogens with one attached hydrogen (secondary N) is 1. The molecule has 5 nitrogen and oxygen atoms in total. The van der Waals surface area contributed by atoms with E-state index in [-0.39, 0.29) is 5.91 Å². The molecule has 0 saturated heterocycles. The Bertz CT molecular complexity index is 699. The number of nitrogens with zero attached hydrogens (tertiary/aromatic N) is 1. The molecule has 0 spiro atoms. The van der Waals surface area contributed by atoms with Gasteiger partial charge in [0.1, 0.15) is 13.2 Å². The van der Waals surface area contributed by atoms with Crippen LogP contribution >= 0.6 is 27.3 Å². The third-order valence-corrected chi connectivity index (χ3v) is 4.38. The summed E-state index contributed by atoms with van der Waals surface area (Å²) in [6, 6.07) is 6.98. The molecule has 0 saturated carbocycles. The van der Waals surface area contributed by atoms with Gasteiger partial charge in [0.2, 0.25) is 0 Å². The molecule has 2 aromatic rings. The number of carbonyl (C=O) groups excluding carboxylic acids is 1. The largest absolute Gasteiger partial charge is 0.486 e. The zero-order valence-corrected chi connectivity index (χ0v) is 13.2. The molecule has 0 unspecified atom stereocenters. The lowest BCUT2D eigenvalue weighted by atomic mass is 10.2. The molecule has 0 aliphatic carbocycles. The predicted octanol–water partition coefficient (Wildman–Crippen LogP) is 3.05. The average molecular weight is 367 g/mol. The van der Waals surface area contributed by atoms with Crippen molar-refractivity contribution in [2.24, 2.45) is 5.10 Å². The number of benzene rings is 1. The third-order valence-electron chi connectivity index (χ3n) is 2.75. The van der Waals surface area contributed by atoms with Crippen molar-refractivity contribution in [3.05, 3.63) is 44.6 Å². The van der Waals surface area contributed by atoms with Crippen LogP contribution in [0.3, 0.4) is 0 Å². The second-order valence-electron chi connectivity index (χ2n) is 4.22. The van der Waals surface area contributed by atoms with Crippen molar-refractivity contribution in [3.8, 4) is 11.5 Å². The Morgan fingerprint density at radius 3 is 2.86 bits per heavy atom. The first-order valence-electron chi connectivity index (χ1n) is 6.19. The van der Waals surface area contributed by atoms with Crippen molar-refractivity contribution in [1.82, 2.24) is 5.43 Å². The van der Waals surface area contributed by atoms with Crippen LogP contribution in [-0.4, -0.2) is 25.3 Å². The van der Waals surface area contributed by atoms with Crippen molar-refractivity contribution in [2.75, 3.05) is 13.2 Å². The van der Waals surface area contributed by atoms with E-state index in [4.69, 9.17) is 9.47 Å². The summed E-state index contributed by atoms with van der Waals surface area (Å²) >= 11 is 4.89. The van der Waals surface area contributed by atoms with Crippen LogP contribution in [0.25, 0.3) is 0 Å². The van der Waals surface area contributed by atoms with Crippen molar-refractivity contribution in [3.63, 3.8) is 0 Å². The number of ether oxygens (including phenoxy) is 2. The van der Waals surface area contributed by atoms with E-state index in [2.05, 4.69) is 26.5 Å². The van der Waals surface area contributed by atoms with Gasteiger partial charge in [0, 0.05) is 20.3 Å². The Morgan fingerprint density at radius 1 is 1.29 bits per heavy atom. The van der Waals surface area contributed by atoms with E-state index in [1.165, 1.54) is 11.3 Å². The summed E-state index contributed by atoms with van der Waals surface area (Å²) in [5, 5.41) is 5.88. The minimum absolute atomic E-state index is 0.293. The minimum Gasteiger partial charge on any atom is -0.486 e. The van der Waals surface area contributed by atoms with E-state index in [1.54, 1.807) is 24.4 Å². The minimum atomic E-state index is -0.293. The van der Waals surface area contributed by atoms with Crippen LogP contribution in [-0.2, 0) is 0 Å². The number of hydrogen-bond donors (Lipinski definition) is 1. The van der Waals surface area contributed by atoms with E-state index in [9.17, 15) is 4.79 Å². The van der Waals surface area contributed by atoms with E-state index in [0.717, 1.165) is 9.35 Å². The Hall–Kier alpha value is -1.86. The molecule has 1 aliphatic heterocycles. The van der Waals surface area contributed by atoms with Gasteiger partial charge in [-0.1, -0.05) is 0 Å². The van der Waals surface area contributed by atoms with Gasteiger partial charge in [-0.3, -0.25) is 4.79 Å². The maximum Gasteiger partial charge on any atom is 0.271 e. The van der Waals surface area contributed by atoms with E-state index in [1.807, 2.05) is 11.4 Å². The highest BCUT2D eigenvalue weighted by molar-refractivity contribution is 9.10. The number of amides is 1. The number of rotatable bonds is 3. The van der Waals surface area contributed by atoms with Gasteiger partial charge >= 0.3 is 0 Å². The molecule has 1 aliphatic rings. The van der Waals surface area contributed by atoms with Gasteiger partial charge in [0.25, 0.3) is 5.91 Å². The third kappa shape index (κ3) is 3.43. The highest BCUT2D eigenvalue weighted by Gasteiger charge is 2.14. The summed E-state index contributed by atoms with van der Waals surface area (Å²) in [7, 11) is 0. The van der Waals surface area contributed by atoms with E-state index >= 15 is 0 Å². The molecular weight excluding hydrogens is 356 g/mol. The molecule has 21 heavy (non-hydrogen) atoms. The van der Waals surface area contributed by atoms with Gasteiger partial charge in [-0.2, -0.15) is 5.10 Å². The lowest BCUT2D eigenvalue weighted by Gasteiger charge is -2.18. The number of hydrogen-bond acceptors (Lipinski definition) is 5. The van der Waals surface area contributed by atoms with Crippen molar-refractivity contribution < 1.29 is 14.3 Å². The monoisotopic (exact) mass is 366 g/mol. The number of halogens is 1. The van der Waals surface area contributed by atoms with Gasteiger partial charge in [-0.15, -0.1) is 11.3 Å². The summed E-state index contributed by atoms with van der Waals surface area (Å²) < 4.78 is 11.8. The van der Waals surface area contributed by atoms with Crippen molar-refractivity contribution >= 4 is 39.4 Å². The summed E-state index contributed by atoms with van der Waals surface area (Å²) in [4.78, 5) is 12.9. The molecule has 2 heterocycles. The van der Waals surface area contributed by atoms with Crippen molar-refractivity contribution in [1.29, 1.82) is 0 Å². The quantitative estimate of drug-likeness (QED) is 0.670. The first-order valence-corrected chi connectivity index (χ1v) is 7.87. The molecule has 0 radical (unpaired) electrons. The molecule has 0 atom stereocenters. The molecule has 7 heteroatoms. The average Bonchev–Trinajstić information content (AvgIpc) is 2.92. The molecule has 1 amide bonds. The van der Waals surface area contributed by atoms with Gasteiger partial charge in [-0.25, -0.2) is 5.43 Å². The summed E-state index contributed by atoms with van der Waals surface area (Å²) in [5.41, 5.74) is 2.96. The number of hydrazone groups is 1. The van der Waals surface area contributed by atoms with Crippen LogP contribution in [0, 0.1) is 0 Å². The Kier molecular flexibility index (Phi) is 4.21. The topological polar surface area (TPSA) is 59.9 Å². The maximum atomic E-state index is 12.0. The van der Waals surface area contributed by atoms with Crippen LogP contribution < -0.4 is 14.9 Å². The maximum absolute atomic E-state index is 12.0. The van der Waals surface area contributed by atoms with Gasteiger partial charge in [0.15, 0.2) is 11.5 Å². The normalized spacial score (nSPS) is 13.4. The molecule has 0 fully saturated rings. The van der Waals surface area contributed by atoms with Crippen LogP contribution in [0.2, 0.25) is 0 Å².